The third kappa shape index (κ3) is 2.97. The van der Waals surface area contributed by atoms with Crippen LogP contribution >= 0.6 is 0 Å². The van der Waals surface area contributed by atoms with E-state index in [9.17, 15) is 34.8 Å². The molecule has 0 saturated carbocycles. The molecule has 7 nitrogen and oxygen atoms in total. The summed E-state index contributed by atoms with van der Waals surface area (Å²) in [5, 5.41) is 46.8. The van der Waals surface area contributed by atoms with Crippen LogP contribution in [0, 0.1) is 28.6 Å². The van der Waals surface area contributed by atoms with Gasteiger partial charge in [0.05, 0.1) is 5.56 Å². The molecule has 0 aromatic heterocycles. The maximum atomic E-state index is 14.3. The van der Waals surface area contributed by atoms with Crippen molar-refractivity contribution in [3.8, 4) is 5.75 Å². The van der Waals surface area contributed by atoms with Crippen molar-refractivity contribution in [1.29, 1.82) is 0 Å². The van der Waals surface area contributed by atoms with Crippen molar-refractivity contribution in [1.82, 2.24) is 0 Å². The molecular formula is C31H40O7. The first-order chi connectivity index (χ1) is 17.2. The summed E-state index contributed by atoms with van der Waals surface area (Å²) in [6, 6.07) is 3.65. The molecule has 1 aromatic rings. The normalized spacial score (nSPS) is 35.3. The van der Waals surface area contributed by atoms with Crippen molar-refractivity contribution < 1.29 is 34.8 Å². The maximum Gasteiger partial charge on any atom is 0.209 e. The van der Waals surface area contributed by atoms with Crippen LogP contribution in [-0.2, 0) is 15.0 Å². The van der Waals surface area contributed by atoms with Crippen molar-refractivity contribution in [3.63, 3.8) is 0 Å². The van der Waals surface area contributed by atoms with E-state index in [1.807, 2.05) is 67.5 Å². The minimum Gasteiger partial charge on any atom is -0.511 e. The van der Waals surface area contributed by atoms with Crippen molar-refractivity contribution in [3.05, 3.63) is 51.5 Å². The van der Waals surface area contributed by atoms with Crippen LogP contribution in [0.1, 0.15) is 96.6 Å². The molecule has 0 amide bonds. The molecular weight excluding hydrogens is 484 g/mol. The highest BCUT2D eigenvalue weighted by Gasteiger charge is 2.74. The number of aliphatic hydroxyl groups is 3. The van der Waals surface area contributed by atoms with Crippen LogP contribution < -0.4 is 0 Å². The standard InChI is InChI=1S/C31H40O7/c1-13(2)21-24(34)19(15(4)32)26(36)31(38)27(37)22-25(35)20-17(11-12-18(23(20)33)28(6,7)8)14(3)29(22,9)16(5)30(21,31)10/h11-14,16,21,33-34,37-38H,1-10H3/t14-,16-,21?,29-,30-,31+/m1/s1. The van der Waals surface area contributed by atoms with Gasteiger partial charge in [-0.05, 0) is 35.7 Å². The van der Waals surface area contributed by atoms with Crippen LogP contribution in [0.4, 0.5) is 0 Å². The summed E-state index contributed by atoms with van der Waals surface area (Å²) in [6.45, 7) is 17.7. The third-order valence-electron chi connectivity index (χ3n) is 10.3. The van der Waals surface area contributed by atoms with Crippen LogP contribution in [0.3, 0.4) is 0 Å². The smallest absolute Gasteiger partial charge is 0.209 e. The largest absolute Gasteiger partial charge is 0.511 e. The zero-order valence-electron chi connectivity index (χ0n) is 24.0. The second kappa shape index (κ2) is 8.04. The van der Waals surface area contributed by atoms with Gasteiger partial charge in [0.15, 0.2) is 17.2 Å². The molecule has 38 heavy (non-hydrogen) atoms. The first kappa shape index (κ1) is 28.1. The molecule has 0 heterocycles. The van der Waals surface area contributed by atoms with Gasteiger partial charge in [0.2, 0.25) is 5.78 Å². The first-order valence-electron chi connectivity index (χ1n) is 13.3. The molecule has 7 heteroatoms. The predicted octanol–water partition coefficient (Wildman–Crippen LogP) is 5.45. The van der Waals surface area contributed by atoms with Gasteiger partial charge >= 0.3 is 0 Å². The zero-order valence-corrected chi connectivity index (χ0v) is 24.0. The van der Waals surface area contributed by atoms with E-state index < -0.39 is 68.3 Å². The topological polar surface area (TPSA) is 132 Å². The fourth-order valence-electron chi connectivity index (χ4n) is 7.98. The molecule has 0 saturated heterocycles. The molecule has 0 bridgehead atoms. The van der Waals surface area contributed by atoms with E-state index in [0.717, 1.165) is 6.92 Å². The van der Waals surface area contributed by atoms with Gasteiger partial charge < -0.3 is 20.4 Å². The van der Waals surface area contributed by atoms with Gasteiger partial charge in [0.25, 0.3) is 0 Å². The highest BCUT2D eigenvalue weighted by Crippen LogP contribution is 2.70. The number of hydrogen-bond donors (Lipinski definition) is 4. The Morgan fingerprint density at radius 1 is 1.03 bits per heavy atom. The maximum absolute atomic E-state index is 14.3. The number of fused-ring (bicyclic) bond motifs is 3. The van der Waals surface area contributed by atoms with Crippen molar-refractivity contribution >= 4 is 17.3 Å². The Balaban J connectivity index is 2.16. The van der Waals surface area contributed by atoms with Gasteiger partial charge in [-0.2, -0.15) is 0 Å². The van der Waals surface area contributed by atoms with Crippen LogP contribution in [-0.4, -0.2) is 43.4 Å². The van der Waals surface area contributed by atoms with Crippen LogP contribution in [0.5, 0.6) is 5.75 Å². The number of carbonyl (C=O) groups excluding carboxylic acids is 3. The molecule has 0 spiro atoms. The Hall–Kier alpha value is -2.93. The molecule has 4 N–H and O–H groups in total. The second-order valence-corrected chi connectivity index (χ2v) is 13.3. The van der Waals surface area contributed by atoms with E-state index in [-0.39, 0.29) is 28.6 Å². The van der Waals surface area contributed by atoms with Gasteiger partial charge in [0, 0.05) is 27.9 Å². The minimum atomic E-state index is -2.63. The average molecular weight is 525 g/mol. The van der Waals surface area contributed by atoms with E-state index in [0.29, 0.717) is 11.1 Å². The van der Waals surface area contributed by atoms with E-state index >= 15 is 0 Å². The lowest BCUT2D eigenvalue weighted by Gasteiger charge is -2.64. The number of rotatable bonds is 2. The SMILES string of the molecule is CC(=O)C1=C(O)C(C(C)C)[C@@]2(C)[C@H](C)[C@]3(C)C(=C(O)[C@@]2(O)C1=O)C(=O)c1c(ccc(C(C)(C)C)c1O)[C@H]3C. The average Bonchev–Trinajstić information content (AvgIpc) is 2.78. The highest BCUT2D eigenvalue weighted by atomic mass is 16.3. The Kier molecular flexibility index (Phi) is 5.94. The molecule has 0 radical (unpaired) electrons. The van der Waals surface area contributed by atoms with Gasteiger partial charge in [-0.3, -0.25) is 14.4 Å². The quantitative estimate of drug-likeness (QED) is 0.378. The lowest BCUT2D eigenvalue weighted by molar-refractivity contribution is -0.189. The number of Topliss-reactive ketones (excluding diaryl/α,β-unsaturated/α-hetero) is 3. The highest BCUT2D eigenvalue weighted by molar-refractivity contribution is 6.25. The molecule has 1 unspecified atom stereocenters. The van der Waals surface area contributed by atoms with Crippen LogP contribution in [0.2, 0.25) is 0 Å². The van der Waals surface area contributed by atoms with Gasteiger partial charge in [-0.1, -0.05) is 74.4 Å². The lowest BCUT2D eigenvalue weighted by atomic mass is 9.39. The summed E-state index contributed by atoms with van der Waals surface area (Å²) in [7, 11) is 0. The lowest BCUT2D eigenvalue weighted by Crippen LogP contribution is -2.71. The fraction of sp³-hybridized carbons (Fsp3) is 0.581. The molecule has 0 fully saturated rings. The van der Waals surface area contributed by atoms with E-state index in [1.165, 1.54) is 0 Å². The number of hydrogen-bond acceptors (Lipinski definition) is 7. The van der Waals surface area contributed by atoms with Crippen molar-refractivity contribution in [2.24, 2.45) is 28.6 Å². The Morgan fingerprint density at radius 2 is 1.58 bits per heavy atom. The van der Waals surface area contributed by atoms with E-state index in [2.05, 4.69) is 0 Å². The molecule has 6 atom stereocenters. The van der Waals surface area contributed by atoms with Crippen LogP contribution in [0.15, 0.2) is 34.8 Å². The molecule has 0 aliphatic heterocycles. The summed E-state index contributed by atoms with van der Waals surface area (Å²) in [6.07, 6.45) is 0. The molecule has 206 valence electrons. The summed E-state index contributed by atoms with van der Waals surface area (Å²) in [5.74, 6) is -6.09. The third-order valence-corrected chi connectivity index (χ3v) is 10.3. The summed E-state index contributed by atoms with van der Waals surface area (Å²) in [4.78, 5) is 40.7. The summed E-state index contributed by atoms with van der Waals surface area (Å²) < 4.78 is 0. The number of aromatic hydroxyl groups is 1. The molecule has 3 aliphatic carbocycles. The van der Waals surface area contributed by atoms with E-state index in [4.69, 9.17) is 0 Å². The van der Waals surface area contributed by atoms with Gasteiger partial charge in [-0.25, -0.2) is 0 Å². The Labute approximate surface area is 224 Å². The number of phenols is 1. The van der Waals surface area contributed by atoms with Crippen molar-refractivity contribution in [2.45, 2.75) is 86.2 Å². The number of aliphatic hydroxyl groups excluding tert-OH is 2. The van der Waals surface area contributed by atoms with Gasteiger partial charge in [0.1, 0.15) is 22.8 Å². The Bertz CT molecular complexity index is 1360. The molecule has 1 aromatic carbocycles. The molecule has 3 aliphatic rings. The van der Waals surface area contributed by atoms with Crippen molar-refractivity contribution in [2.75, 3.05) is 0 Å². The Morgan fingerprint density at radius 3 is 2.05 bits per heavy atom. The minimum absolute atomic E-state index is 0.0530. The summed E-state index contributed by atoms with van der Waals surface area (Å²) >= 11 is 0. The summed E-state index contributed by atoms with van der Waals surface area (Å²) in [5.41, 5.74) is -5.10. The van der Waals surface area contributed by atoms with E-state index in [1.54, 1.807) is 6.92 Å². The molecule has 4 rings (SSSR count). The number of allylic oxidation sites excluding steroid dienone is 2. The number of phenolic OH excluding ortho intramolecular Hbond substituents is 1. The predicted molar refractivity (Wildman–Crippen MR) is 143 cm³/mol. The fourth-order valence-corrected chi connectivity index (χ4v) is 7.98. The number of carbonyl (C=O) groups is 3. The first-order valence-corrected chi connectivity index (χ1v) is 13.3. The van der Waals surface area contributed by atoms with Gasteiger partial charge in [-0.15, -0.1) is 0 Å². The zero-order chi connectivity index (χ0) is 29.1. The monoisotopic (exact) mass is 524 g/mol. The number of benzene rings is 1. The second-order valence-electron chi connectivity index (χ2n) is 13.3. The number of ketones is 3. The van der Waals surface area contributed by atoms with Crippen LogP contribution in [0.25, 0.3) is 0 Å².